The molecule has 1 aromatic carbocycles. The molecule has 0 bridgehead atoms. The van der Waals surface area contributed by atoms with Crippen LogP contribution in [-0.4, -0.2) is 24.0 Å². The average Bonchev–Trinajstić information content (AvgIpc) is 2.38. The predicted octanol–water partition coefficient (Wildman–Crippen LogP) is 1.67. The summed E-state index contributed by atoms with van der Waals surface area (Å²) >= 11 is 0. The van der Waals surface area contributed by atoms with Crippen LogP contribution in [0.3, 0.4) is 0 Å². The van der Waals surface area contributed by atoms with Crippen molar-refractivity contribution < 1.29 is 10.0 Å². The van der Waals surface area contributed by atoms with Gasteiger partial charge in [0.15, 0.2) is 5.84 Å². The Bertz CT molecular complexity index is 429. The van der Waals surface area contributed by atoms with Gasteiger partial charge >= 0.3 is 0 Å². The van der Waals surface area contributed by atoms with Gasteiger partial charge in [-0.1, -0.05) is 37.2 Å². The van der Waals surface area contributed by atoms with E-state index in [4.69, 9.17) is 10.9 Å². The molecule has 5 heteroatoms. The van der Waals surface area contributed by atoms with Crippen LogP contribution in [0.4, 0.5) is 5.69 Å². The van der Waals surface area contributed by atoms with Crippen molar-refractivity contribution in [2.24, 2.45) is 22.7 Å². The van der Waals surface area contributed by atoms with Crippen LogP contribution in [0.25, 0.3) is 0 Å². The molecule has 0 aliphatic heterocycles. The molecule has 3 N–H and O–H groups in total. The van der Waals surface area contributed by atoms with Gasteiger partial charge in [-0.3, -0.25) is 4.79 Å². The Hall–Kier alpha value is -2.04. The van der Waals surface area contributed by atoms with E-state index in [1.807, 2.05) is 44.2 Å². The van der Waals surface area contributed by atoms with Crippen molar-refractivity contribution in [2.75, 3.05) is 11.9 Å². The number of para-hydroxylation sites is 1. The first-order valence-electron chi connectivity index (χ1n) is 5.79. The highest BCUT2D eigenvalue weighted by molar-refractivity contribution is 6.08. The van der Waals surface area contributed by atoms with E-state index in [2.05, 4.69) is 5.16 Å². The Morgan fingerprint density at radius 2 is 1.89 bits per heavy atom. The van der Waals surface area contributed by atoms with Gasteiger partial charge in [-0.2, -0.15) is 0 Å². The Labute approximate surface area is 107 Å². The minimum absolute atomic E-state index is 0.0421. The molecule has 0 aromatic heterocycles. The number of carbonyl (C=O) groups is 1. The van der Waals surface area contributed by atoms with Crippen molar-refractivity contribution in [1.82, 2.24) is 0 Å². The van der Waals surface area contributed by atoms with Crippen LogP contribution >= 0.6 is 0 Å². The summed E-state index contributed by atoms with van der Waals surface area (Å²) in [5, 5.41) is 11.7. The highest BCUT2D eigenvalue weighted by Gasteiger charge is 2.29. The largest absolute Gasteiger partial charge is 0.409 e. The van der Waals surface area contributed by atoms with E-state index in [9.17, 15) is 4.79 Å². The molecular weight excluding hydrogens is 230 g/mol. The van der Waals surface area contributed by atoms with Crippen molar-refractivity contribution >= 4 is 17.4 Å². The summed E-state index contributed by atoms with van der Waals surface area (Å²) < 4.78 is 0. The number of hydrogen-bond donors (Lipinski definition) is 2. The number of nitrogens with two attached hydrogens (primary N) is 1. The smallest absolute Gasteiger partial charge is 0.237 e. The lowest BCUT2D eigenvalue weighted by molar-refractivity contribution is -0.121. The molecule has 0 radical (unpaired) electrons. The molecule has 1 atom stereocenters. The van der Waals surface area contributed by atoms with Gasteiger partial charge in [0, 0.05) is 12.7 Å². The van der Waals surface area contributed by atoms with E-state index in [1.165, 1.54) is 4.90 Å². The average molecular weight is 249 g/mol. The third kappa shape index (κ3) is 3.00. The van der Waals surface area contributed by atoms with Crippen LogP contribution in [0.2, 0.25) is 0 Å². The summed E-state index contributed by atoms with van der Waals surface area (Å²) in [4.78, 5) is 13.9. The van der Waals surface area contributed by atoms with E-state index in [1.54, 1.807) is 7.05 Å². The second kappa shape index (κ2) is 6.05. The van der Waals surface area contributed by atoms with Gasteiger partial charge in [-0.05, 0) is 18.1 Å². The second-order valence-corrected chi connectivity index (χ2v) is 4.48. The number of carbonyl (C=O) groups excluding carboxylic acids is 1. The highest BCUT2D eigenvalue weighted by atomic mass is 16.4. The first-order chi connectivity index (χ1) is 8.49. The van der Waals surface area contributed by atoms with Gasteiger partial charge in [0.1, 0.15) is 5.92 Å². The summed E-state index contributed by atoms with van der Waals surface area (Å²) in [6, 6.07) is 9.26. The number of anilines is 1. The third-order valence-corrected chi connectivity index (χ3v) is 2.84. The molecule has 1 unspecified atom stereocenters. The molecule has 18 heavy (non-hydrogen) atoms. The second-order valence-electron chi connectivity index (χ2n) is 4.48. The number of oxime groups is 1. The lowest BCUT2D eigenvalue weighted by atomic mass is 9.93. The quantitative estimate of drug-likeness (QED) is 0.369. The monoisotopic (exact) mass is 249 g/mol. The Morgan fingerprint density at radius 1 is 1.33 bits per heavy atom. The molecule has 0 aliphatic rings. The molecular formula is C13H19N3O2. The third-order valence-electron chi connectivity index (χ3n) is 2.84. The van der Waals surface area contributed by atoms with E-state index < -0.39 is 5.92 Å². The Kier molecular flexibility index (Phi) is 4.71. The SMILES string of the molecule is CC(C)C(C(=O)N(C)c1ccccc1)/C(N)=N\O. The van der Waals surface area contributed by atoms with E-state index >= 15 is 0 Å². The van der Waals surface area contributed by atoms with E-state index in [0.29, 0.717) is 0 Å². The van der Waals surface area contributed by atoms with Crippen molar-refractivity contribution in [3.8, 4) is 0 Å². The fourth-order valence-electron chi connectivity index (χ4n) is 1.80. The number of nitrogens with zero attached hydrogens (tertiary/aromatic N) is 2. The van der Waals surface area contributed by atoms with Crippen LogP contribution in [0, 0.1) is 11.8 Å². The minimum atomic E-state index is -0.625. The van der Waals surface area contributed by atoms with Crippen molar-refractivity contribution in [1.29, 1.82) is 0 Å². The molecule has 0 fully saturated rings. The van der Waals surface area contributed by atoms with Gasteiger partial charge in [-0.15, -0.1) is 0 Å². The van der Waals surface area contributed by atoms with E-state index in [-0.39, 0.29) is 17.7 Å². The lowest BCUT2D eigenvalue weighted by Crippen LogP contribution is -2.42. The molecule has 1 amide bonds. The molecule has 0 saturated carbocycles. The number of rotatable bonds is 4. The molecule has 98 valence electrons. The van der Waals surface area contributed by atoms with Gasteiger partial charge in [0.05, 0.1) is 0 Å². The highest BCUT2D eigenvalue weighted by Crippen LogP contribution is 2.19. The summed E-state index contributed by atoms with van der Waals surface area (Å²) in [5.41, 5.74) is 6.36. The number of amidine groups is 1. The number of hydrogen-bond acceptors (Lipinski definition) is 3. The van der Waals surface area contributed by atoms with Crippen LogP contribution in [0.15, 0.2) is 35.5 Å². The normalized spacial score (nSPS) is 13.4. The maximum atomic E-state index is 12.3. The van der Waals surface area contributed by atoms with Gasteiger partial charge < -0.3 is 15.8 Å². The minimum Gasteiger partial charge on any atom is -0.409 e. The zero-order valence-corrected chi connectivity index (χ0v) is 10.9. The van der Waals surface area contributed by atoms with Crippen LogP contribution in [0.1, 0.15) is 13.8 Å². The fourth-order valence-corrected chi connectivity index (χ4v) is 1.80. The maximum absolute atomic E-state index is 12.3. The van der Waals surface area contributed by atoms with E-state index in [0.717, 1.165) is 5.69 Å². The van der Waals surface area contributed by atoms with Crippen LogP contribution < -0.4 is 10.6 Å². The van der Waals surface area contributed by atoms with Crippen molar-refractivity contribution in [3.63, 3.8) is 0 Å². The molecule has 1 rings (SSSR count). The standard InChI is InChI=1S/C13H19N3O2/c1-9(2)11(12(14)15-18)13(17)16(3)10-7-5-4-6-8-10/h4-9,11,18H,1-3H3,(H2,14,15). The topological polar surface area (TPSA) is 78.9 Å². The van der Waals surface area contributed by atoms with Crippen LogP contribution in [0.5, 0.6) is 0 Å². The summed E-state index contributed by atoms with van der Waals surface area (Å²) in [6.07, 6.45) is 0. The summed E-state index contributed by atoms with van der Waals surface area (Å²) in [5.74, 6) is -0.913. The Morgan fingerprint density at radius 3 is 2.33 bits per heavy atom. The van der Waals surface area contributed by atoms with Crippen molar-refractivity contribution in [2.45, 2.75) is 13.8 Å². The molecule has 0 saturated heterocycles. The molecule has 5 nitrogen and oxygen atoms in total. The fraction of sp³-hybridized carbons (Fsp3) is 0.385. The van der Waals surface area contributed by atoms with Gasteiger partial charge in [0.2, 0.25) is 5.91 Å². The summed E-state index contributed by atoms with van der Waals surface area (Å²) in [6.45, 7) is 3.72. The lowest BCUT2D eigenvalue weighted by Gasteiger charge is -2.25. The molecule has 0 aliphatic carbocycles. The molecule has 0 spiro atoms. The summed E-state index contributed by atoms with van der Waals surface area (Å²) in [7, 11) is 1.68. The predicted molar refractivity (Wildman–Crippen MR) is 71.6 cm³/mol. The molecule has 1 aromatic rings. The zero-order valence-electron chi connectivity index (χ0n) is 10.9. The zero-order chi connectivity index (χ0) is 13.7. The number of amides is 1. The number of benzene rings is 1. The van der Waals surface area contributed by atoms with Gasteiger partial charge in [-0.25, -0.2) is 0 Å². The van der Waals surface area contributed by atoms with Crippen molar-refractivity contribution in [3.05, 3.63) is 30.3 Å². The van der Waals surface area contributed by atoms with Crippen LogP contribution in [-0.2, 0) is 4.79 Å². The molecule has 0 heterocycles. The Balaban J connectivity index is 2.98. The van der Waals surface area contributed by atoms with Gasteiger partial charge in [0.25, 0.3) is 0 Å². The first-order valence-corrected chi connectivity index (χ1v) is 5.79. The maximum Gasteiger partial charge on any atom is 0.237 e. The first kappa shape index (κ1) is 14.0.